The molecule has 0 spiro atoms. The Hall–Kier alpha value is -3.96. The van der Waals surface area contributed by atoms with Crippen LogP contribution in [0, 0.1) is 0 Å². The van der Waals surface area contributed by atoms with Gasteiger partial charge in [-0.25, -0.2) is 0 Å². The molecule has 0 aliphatic carbocycles. The molecule has 0 aromatic heterocycles. The zero-order chi connectivity index (χ0) is 38.6. The second kappa shape index (κ2) is 19.6. The van der Waals surface area contributed by atoms with Gasteiger partial charge in [-0.05, 0) is 0 Å². The molecule has 51 heavy (non-hydrogen) atoms. The van der Waals surface area contributed by atoms with Crippen LogP contribution in [-0.2, 0) is 100.0 Å². The lowest BCUT2D eigenvalue weighted by Crippen LogP contribution is -2.67. The molecule has 0 saturated carbocycles. The van der Waals surface area contributed by atoms with Gasteiger partial charge in [0.1, 0.15) is 31.5 Å². The number of esters is 7. The third kappa shape index (κ3) is 14.7. The van der Waals surface area contributed by atoms with Gasteiger partial charge in [-0.1, -0.05) is 0 Å². The summed E-state index contributed by atoms with van der Waals surface area (Å²) in [6, 6.07) is 0. The number of hydrogen-bond donors (Lipinski definition) is 0. The number of carbonyl (C=O) groups excluding carboxylic acids is 7. The Balaban J connectivity index is 2.69. The first-order valence-electron chi connectivity index (χ1n) is 15.2. The predicted molar refractivity (Wildman–Crippen MR) is 160 cm³/mol. The van der Waals surface area contributed by atoms with Crippen LogP contribution < -0.4 is 0 Å². The Kier molecular flexibility index (Phi) is 16.6. The van der Waals surface area contributed by atoms with Crippen LogP contribution in [0.4, 0.5) is 0 Å². The van der Waals surface area contributed by atoms with Gasteiger partial charge in [0.2, 0.25) is 0 Å². The Labute approximate surface area is 292 Å². The summed E-state index contributed by atoms with van der Waals surface area (Å²) >= 11 is 0. The van der Waals surface area contributed by atoms with E-state index in [2.05, 4.69) is 4.18 Å². The molecule has 2 saturated heterocycles. The van der Waals surface area contributed by atoms with Gasteiger partial charge >= 0.3 is 41.8 Å². The van der Waals surface area contributed by atoms with E-state index >= 15 is 0 Å². The van der Waals surface area contributed by atoms with Crippen LogP contribution in [0.3, 0.4) is 0 Å². The van der Waals surface area contributed by atoms with E-state index in [0.29, 0.717) is 0 Å². The summed E-state index contributed by atoms with van der Waals surface area (Å²) < 4.78 is 88.6. The van der Waals surface area contributed by atoms with Crippen LogP contribution in [0.25, 0.3) is 0 Å². The van der Waals surface area contributed by atoms with Gasteiger partial charge in [-0.2, -0.15) is 8.42 Å². The van der Waals surface area contributed by atoms with Crippen molar-refractivity contribution >= 4 is 51.9 Å². The fourth-order valence-electron chi connectivity index (χ4n) is 4.96. The van der Waals surface area contributed by atoms with Gasteiger partial charge in [-0.3, -0.25) is 37.7 Å². The van der Waals surface area contributed by atoms with Crippen molar-refractivity contribution in [1.82, 2.24) is 0 Å². The number of carbonyl (C=O) groups is 7. The molecule has 0 radical (unpaired) electrons. The molecule has 2 heterocycles. The average molecular weight is 759 g/mol. The first kappa shape index (κ1) is 43.2. The Morgan fingerprint density at radius 1 is 0.490 bits per heavy atom. The average Bonchev–Trinajstić information content (AvgIpc) is 2.97. The fraction of sp³-hybridized carbons (Fsp3) is 0.759. The maximum atomic E-state index is 12.4. The highest BCUT2D eigenvalue weighted by Gasteiger charge is 2.57. The minimum Gasteiger partial charge on any atom is -0.463 e. The van der Waals surface area contributed by atoms with Crippen molar-refractivity contribution in [1.29, 1.82) is 0 Å². The van der Waals surface area contributed by atoms with Crippen molar-refractivity contribution in [3.63, 3.8) is 0 Å². The first-order valence-corrected chi connectivity index (χ1v) is 17.0. The van der Waals surface area contributed by atoms with Crippen LogP contribution in [0.15, 0.2) is 0 Å². The molecule has 0 amide bonds. The van der Waals surface area contributed by atoms with E-state index in [1.807, 2.05) is 0 Å². The van der Waals surface area contributed by atoms with Gasteiger partial charge < -0.3 is 52.1 Å². The van der Waals surface area contributed by atoms with E-state index < -0.39 is 140 Å². The van der Waals surface area contributed by atoms with Crippen LogP contribution >= 0.6 is 0 Å². The molecule has 290 valence electrons. The van der Waals surface area contributed by atoms with Crippen LogP contribution in [0.1, 0.15) is 48.5 Å². The highest BCUT2D eigenvalue weighted by molar-refractivity contribution is 7.85. The van der Waals surface area contributed by atoms with E-state index in [-0.39, 0.29) is 0 Å². The molecule has 0 N–H and O–H groups in total. The van der Waals surface area contributed by atoms with Crippen molar-refractivity contribution < 1.29 is 98.3 Å². The van der Waals surface area contributed by atoms with Gasteiger partial charge in [0.25, 0.3) is 10.1 Å². The summed E-state index contributed by atoms with van der Waals surface area (Å²) in [5.41, 5.74) is 0. The minimum atomic E-state index is -3.88. The number of ether oxygens (including phenoxy) is 11. The van der Waals surface area contributed by atoms with Crippen molar-refractivity contribution in [2.75, 3.05) is 32.7 Å². The first-order chi connectivity index (χ1) is 23.7. The molecule has 0 aromatic rings. The summed E-state index contributed by atoms with van der Waals surface area (Å²) in [6.07, 6.45) is -15.6. The highest BCUT2D eigenvalue weighted by atomic mass is 32.2. The smallest absolute Gasteiger partial charge is 0.303 e. The molecule has 2 rings (SSSR count). The van der Waals surface area contributed by atoms with E-state index in [4.69, 9.17) is 52.1 Å². The predicted octanol–water partition coefficient (Wildman–Crippen LogP) is -1.40. The van der Waals surface area contributed by atoms with Crippen molar-refractivity contribution in [3.05, 3.63) is 0 Å². The number of rotatable bonds is 16. The van der Waals surface area contributed by atoms with Gasteiger partial charge in [0.05, 0.1) is 19.5 Å². The summed E-state index contributed by atoms with van der Waals surface area (Å²) in [4.78, 5) is 85.0. The van der Waals surface area contributed by atoms with Crippen LogP contribution in [0.2, 0.25) is 0 Å². The van der Waals surface area contributed by atoms with E-state index in [0.717, 1.165) is 54.7 Å². The molecule has 0 bridgehead atoms. The SMILES string of the molecule is CC(=O)OC[C@H]1O[C@@H](O[C@H]2[C@H](OC(C)=O)[C@@H](OC(C)=O)[C@H](OCCOS(C)(=O)=O)O[C@@H]2COC(C)=O)[C@H](OC(C)=O)[C@@H](OC(C)=O)[C@H]1OC(C)=O. The monoisotopic (exact) mass is 758 g/mol. The normalized spacial score (nSPS) is 29.1. The van der Waals surface area contributed by atoms with E-state index in [9.17, 15) is 42.0 Å². The van der Waals surface area contributed by atoms with Crippen LogP contribution in [0.5, 0.6) is 0 Å². The lowest BCUT2D eigenvalue weighted by atomic mass is 9.96. The van der Waals surface area contributed by atoms with Crippen molar-refractivity contribution in [2.24, 2.45) is 0 Å². The standard InChI is InChI=1S/C29H42O21S/c1-13(30)40-11-20-22(43-15(3)32)24(44-16(4)33)27(47-19(7)36)29(49-20)50-23-21(12-41-14(2)31)48-28(39-9-10-42-51(8,37)38)26(46-18(6)35)25(23)45-17(5)34/h20-29H,9-12H2,1-8H3/t20-,21-,22+,23-,24+,25+,26-,27-,28-,29+/m1/s1. The second-order valence-corrected chi connectivity index (χ2v) is 12.7. The molecule has 10 atom stereocenters. The summed E-state index contributed by atoms with van der Waals surface area (Å²) in [7, 11) is -3.88. The molecular weight excluding hydrogens is 716 g/mol. The van der Waals surface area contributed by atoms with Gasteiger partial charge in [-0.15, -0.1) is 0 Å². The van der Waals surface area contributed by atoms with Crippen molar-refractivity contribution in [3.8, 4) is 0 Å². The topological polar surface area (TPSA) is 264 Å². The van der Waals surface area contributed by atoms with E-state index in [1.54, 1.807) is 0 Å². The third-order valence-electron chi connectivity index (χ3n) is 6.55. The van der Waals surface area contributed by atoms with E-state index in [1.165, 1.54) is 0 Å². The highest BCUT2D eigenvalue weighted by Crippen LogP contribution is 2.35. The number of hydrogen-bond acceptors (Lipinski definition) is 21. The molecule has 0 unspecified atom stereocenters. The summed E-state index contributed by atoms with van der Waals surface area (Å²) in [5, 5.41) is 0. The Bertz CT molecular complexity index is 1380. The zero-order valence-corrected chi connectivity index (χ0v) is 29.9. The molecule has 2 aliphatic heterocycles. The molecular formula is C29H42O21S. The zero-order valence-electron chi connectivity index (χ0n) is 29.1. The maximum Gasteiger partial charge on any atom is 0.303 e. The molecule has 22 heteroatoms. The maximum absolute atomic E-state index is 12.4. The molecule has 21 nitrogen and oxygen atoms in total. The summed E-state index contributed by atoms with van der Waals surface area (Å²) in [6.45, 7) is 4.98. The van der Waals surface area contributed by atoms with Crippen molar-refractivity contribution in [2.45, 2.75) is 110 Å². The largest absolute Gasteiger partial charge is 0.463 e. The third-order valence-corrected chi connectivity index (χ3v) is 7.14. The minimum absolute atomic E-state index is 0.464. The quantitative estimate of drug-likeness (QED) is 0.0758. The molecule has 2 aliphatic rings. The second-order valence-electron chi connectivity index (χ2n) is 11.1. The lowest BCUT2D eigenvalue weighted by Gasteiger charge is -2.48. The summed E-state index contributed by atoms with van der Waals surface area (Å²) in [5.74, 6) is -6.21. The van der Waals surface area contributed by atoms with Gasteiger partial charge in [0, 0.05) is 48.5 Å². The Morgan fingerprint density at radius 2 is 0.863 bits per heavy atom. The lowest BCUT2D eigenvalue weighted by molar-refractivity contribution is -0.361. The molecule has 2 fully saturated rings. The Morgan fingerprint density at radius 3 is 1.29 bits per heavy atom. The van der Waals surface area contributed by atoms with Crippen LogP contribution in [-0.4, -0.2) is 144 Å². The fourth-order valence-corrected chi connectivity index (χ4v) is 5.33. The molecule has 0 aromatic carbocycles. The van der Waals surface area contributed by atoms with Gasteiger partial charge in [0.15, 0.2) is 43.1 Å².